The van der Waals surface area contributed by atoms with E-state index in [1.54, 1.807) is 0 Å². The highest BCUT2D eigenvalue weighted by Gasteiger charge is 2.14. The Balaban J connectivity index is 2.62. The second-order valence-corrected chi connectivity index (χ2v) is 3.20. The van der Waals surface area contributed by atoms with Crippen LogP contribution in [0.15, 0.2) is 30.4 Å². The van der Waals surface area contributed by atoms with Crippen LogP contribution in [0.1, 0.15) is 11.0 Å². The van der Waals surface area contributed by atoms with Gasteiger partial charge in [0.05, 0.1) is 5.48 Å². The third-order valence-electron chi connectivity index (χ3n) is 2.15. The summed E-state index contributed by atoms with van der Waals surface area (Å²) in [4.78, 5) is 13.4. The van der Waals surface area contributed by atoms with Gasteiger partial charge < -0.3 is 15.8 Å². The van der Waals surface area contributed by atoms with E-state index in [1.807, 2.05) is 0 Å². The van der Waals surface area contributed by atoms with E-state index < -0.39 is 12.0 Å². The van der Waals surface area contributed by atoms with Crippen molar-refractivity contribution >= 4 is 16.9 Å². The minimum Gasteiger partial charge on any atom is -0.480 e. The molecule has 0 bridgehead atoms. The van der Waals surface area contributed by atoms with Crippen LogP contribution in [0, 0.1) is 0 Å². The van der Waals surface area contributed by atoms with Crippen LogP contribution in [0.5, 0.6) is 0 Å². The van der Waals surface area contributed by atoms with Gasteiger partial charge in [-0.3, -0.25) is 4.79 Å². The summed E-state index contributed by atoms with van der Waals surface area (Å²) in [7, 11) is 0. The number of carbonyl (C=O) groups is 1. The van der Waals surface area contributed by atoms with Gasteiger partial charge >= 0.3 is 5.97 Å². The van der Waals surface area contributed by atoms with Gasteiger partial charge in [-0.05, 0) is 11.6 Å². The highest BCUT2D eigenvalue weighted by atomic mass is 16.4. The van der Waals surface area contributed by atoms with Gasteiger partial charge in [-0.2, -0.15) is 0 Å². The number of carboxylic acid groups (broad SMARTS) is 1. The third-order valence-corrected chi connectivity index (χ3v) is 2.15. The third kappa shape index (κ3) is 1.85. The molecule has 0 spiro atoms. The first-order valence-electron chi connectivity index (χ1n) is 6.39. The van der Waals surface area contributed by atoms with E-state index in [9.17, 15) is 4.79 Å². The molecular weight excluding hydrogens is 192 g/mol. The second-order valence-electron chi connectivity index (χ2n) is 3.20. The Labute approximate surface area is 92.3 Å². The van der Waals surface area contributed by atoms with Gasteiger partial charge in [0.2, 0.25) is 0 Å². The van der Waals surface area contributed by atoms with Crippen LogP contribution in [0.3, 0.4) is 0 Å². The van der Waals surface area contributed by atoms with Gasteiger partial charge in [0.15, 0.2) is 0 Å². The average molecular weight is 208 g/mol. The number of aromatic nitrogens is 1. The maximum atomic E-state index is 10.8. The topological polar surface area (TPSA) is 79.1 Å². The number of hydrogen-bond donors (Lipinski definition) is 3. The van der Waals surface area contributed by atoms with Crippen molar-refractivity contribution in [3.05, 3.63) is 35.9 Å². The first-order valence-corrected chi connectivity index (χ1v) is 4.39. The number of nitrogens with two attached hydrogens (primary N) is 1. The highest BCUT2D eigenvalue weighted by molar-refractivity contribution is 5.84. The smallest absolute Gasteiger partial charge is 0.320 e. The molecule has 0 unspecified atom stereocenters. The van der Waals surface area contributed by atoms with Crippen molar-refractivity contribution in [3.8, 4) is 0 Å². The minimum absolute atomic E-state index is 0.0369. The molecule has 15 heavy (non-hydrogen) atoms. The fraction of sp³-hybridized carbons (Fsp3) is 0.182. The van der Waals surface area contributed by atoms with E-state index in [4.69, 9.17) is 16.3 Å². The molecule has 0 saturated carbocycles. The first kappa shape index (κ1) is 5.92. The summed E-state index contributed by atoms with van der Waals surface area (Å²) < 4.78 is 30.6. The molecule has 1 aromatic heterocycles. The number of fused-ring (bicyclic) bond motifs is 1. The molecule has 0 amide bonds. The number of aromatic amines is 1. The molecule has 0 aliphatic rings. The standard InChI is InChI=1S/C11H12N2O2/c12-9(11(14)15)5-7-6-13-10-4-2-1-3-8(7)10/h1-4,6,9,13H,5,12H2,(H,14,15)/t9-/m1/s1/i1D,2D,4D,6D. The number of nitrogens with one attached hydrogen (secondary N) is 1. The van der Waals surface area contributed by atoms with Crippen molar-refractivity contribution in [2.75, 3.05) is 0 Å². The van der Waals surface area contributed by atoms with Crippen molar-refractivity contribution in [2.45, 2.75) is 12.5 Å². The molecular formula is C11H12N2O2. The molecule has 2 rings (SSSR count). The van der Waals surface area contributed by atoms with Crippen LogP contribution in [-0.4, -0.2) is 22.1 Å². The summed E-state index contributed by atoms with van der Waals surface area (Å²) >= 11 is 0. The monoisotopic (exact) mass is 208 g/mol. The lowest BCUT2D eigenvalue weighted by Gasteiger charge is -2.04. The number of benzene rings is 1. The summed E-state index contributed by atoms with van der Waals surface area (Å²) in [6.07, 6.45) is -0.102. The molecule has 0 saturated heterocycles. The molecule has 4 heteroatoms. The molecule has 0 fully saturated rings. The molecule has 0 radical (unpaired) electrons. The summed E-state index contributed by atoms with van der Waals surface area (Å²) in [5, 5.41) is 9.21. The molecule has 4 N–H and O–H groups in total. The maximum absolute atomic E-state index is 10.8. The lowest BCUT2D eigenvalue weighted by molar-refractivity contribution is -0.138. The van der Waals surface area contributed by atoms with E-state index in [2.05, 4.69) is 4.98 Å². The number of carboxylic acids is 1. The van der Waals surface area contributed by atoms with E-state index in [0.717, 1.165) is 0 Å². The molecule has 4 nitrogen and oxygen atoms in total. The Bertz CT molecular complexity index is 668. The van der Waals surface area contributed by atoms with Gasteiger partial charge in [-0.25, -0.2) is 0 Å². The maximum Gasteiger partial charge on any atom is 0.320 e. The SMILES string of the molecule is [2H]c1cc2c(C[C@@H](N)C(=O)O)c([2H])[nH]c2c([2H])c1[2H]. The predicted octanol–water partition coefficient (Wildman–Crippen LogP) is 1.12. The highest BCUT2D eigenvalue weighted by Crippen LogP contribution is 2.18. The fourth-order valence-corrected chi connectivity index (χ4v) is 1.36. The van der Waals surface area contributed by atoms with Crippen LogP contribution in [0.25, 0.3) is 10.9 Å². The number of aliphatic carboxylic acids is 1. The van der Waals surface area contributed by atoms with Gasteiger partial charge in [-0.15, -0.1) is 0 Å². The van der Waals surface area contributed by atoms with Gasteiger partial charge in [-0.1, -0.05) is 18.2 Å². The zero-order valence-corrected chi connectivity index (χ0v) is 7.79. The van der Waals surface area contributed by atoms with Crippen LogP contribution < -0.4 is 5.73 Å². The quantitative estimate of drug-likeness (QED) is 0.707. The van der Waals surface area contributed by atoms with E-state index in [0.29, 0.717) is 10.9 Å². The Morgan fingerprint density at radius 2 is 2.47 bits per heavy atom. The number of para-hydroxylation sites is 1. The number of H-pyrrole nitrogens is 1. The fourth-order valence-electron chi connectivity index (χ4n) is 1.36. The number of rotatable bonds is 3. The first-order chi connectivity index (χ1) is 8.82. The average Bonchev–Trinajstić information content (AvgIpc) is 2.64. The second kappa shape index (κ2) is 3.74. The lowest BCUT2D eigenvalue weighted by atomic mass is 10.1. The van der Waals surface area contributed by atoms with Crippen molar-refractivity contribution in [1.82, 2.24) is 4.98 Å². The van der Waals surface area contributed by atoms with Crippen LogP contribution in [0.4, 0.5) is 0 Å². The largest absolute Gasteiger partial charge is 0.480 e. The van der Waals surface area contributed by atoms with E-state index in [-0.39, 0.29) is 36.2 Å². The zero-order valence-electron chi connectivity index (χ0n) is 11.8. The minimum atomic E-state index is -1.18. The predicted molar refractivity (Wildman–Crippen MR) is 57.6 cm³/mol. The van der Waals surface area contributed by atoms with Crippen LogP contribution in [0.2, 0.25) is 0 Å². The van der Waals surface area contributed by atoms with Crippen molar-refractivity contribution in [1.29, 1.82) is 0 Å². The Hall–Kier alpha value is -1.81. The molecule has 1 heterocycles. The summed E-state index contributed by atoms with van der Waals surface area (Å²) in [6, 6.07) is -0.341. The molecule has 78 valence electrons. The Kier molecular flexibility index (Phi) is 1.48. The molecule has 0 aliphatic heterocycles. The van der Waals surface area contributed by atoms with E-state index >= 15 is 0 Å². The Morgan fingerprint density at radius 3 is 3.20 bits per heavy atom. The van der Waals surface area contributed by atoms with Gasteiger partial charge in [0.1, 0.15) is 6.04 Å². The Morgan fingerprint density at radius 1 is 1.67 bits per heavy atom. The summed E-state index contributed by atoms with van der Waals surface area (Å²) in [5.74, 6) is -1.18. The van der Waals surface area contributed by atoms with Crippen LogP contribution >= 0.6 is 0 Å². The normalized spacial score (nSPS) is 16.6. The molecule has 2 aromatic rings. The molecule has 1 atom stereocenters. The summed E-state index contributed by atoms with van der Waals surface area (Å²) in [5.41, 5.74) is 6.06. The van der Waals surface area contributed by atoms with E-state index in [1.165, 1.54) is 6.07 Å². The lowest BCUT2D eigenvalue weighted by Crippen LogP contribution is -2.32. The van der Waals surface area contributed by atoms with Crippen LogP contribution in [-0.2, 0) is 11.2 Å². The zero-order chi connectivity index (χ0) is 14.3. The molecule has 1 aromatic carbocycles. The summed E-state index contributed by atoms with van der Waals surface area (Å²) in [6.45, 7) is 0. The number of hydrogen-bond acceptors (Lipinski definition) is 2. The molecule has 0 aliphatic carbocycles. The van der Waals surface area contributed by atoms with Gasteiger partial charge in [0.25, 0.3) is 0 Å². The van der Waals surface area contributed by atoms with Crippen molar-refractivity contribution in [3.63, 3.8) is 0 Å². The van der Waals surface area contributed by atoms with Crippen molar-refractivity contribution < 1.29 is 15.4 Å². The van der Waals surface area contributed by atoms with Crippen molar-refractivity contribution in [2.24, 2.45) is 5.73 Å². The van der Waals surface area contributed by atoms with Gasteiger partial charge in [0, 0.05) is 23.5 Å².